The molecule has 1 aromatic carbocycles. The van der Waals surface area contributed by atoms with E-state index in [1.807, 2.05) is 47.8 Å². The van der Waals surface area contributed by atoms with Crippen LogP contribution in [0.1, 0.15) is 9.67 Å². The number of carbonyl (C=O) groups is 1. The Labute approximate surface area is 115 Å². The van der Waals surface area contributed by atoms with Crippen molar-refractivity contribution in [3.63, 3.8) is 0 Å². The zero-order valence-corrected chi connectivity index (χ0v) is 11.2. The molecule has 2 heterocycles. The molecule has 0 saturated carbocycles. The number of hydrogen-bond acceptors (Lipinski definition) is 3. The molecular weight excluding hydrogens is 256 g/mol. The van der Waals surface area contributed by atoms with Gasteiger partial charge in [-0.1, -0.05) is 12.1 Å². The molecule has 3 nitrogen and oxygen atoms in total. The Morgan fingerprint density at radius 2 is 2.05 bits per heavy atom. The monoisotopic (exact) mass is 268 g/mol. The summed E-state index contributed by atoms with van der Waals surface area (Å²) in [6.45, 7) is 0. The highest BCUT2D eigenvalue weighted by Gasteiger charge is 2.16. The molecule has 0 unspecified atom stereocenters. The molecule has 19 heavy (non-hydrogen) atoms. The molecular formula is C15H12N2OS. The maximum absolute atomic E-state index is 12.4. The molecule has 0 N–H and O–H groups in total. The van der Waals surface area contributed by atoms with Gasteiger partial charge in [-0.2, -0.15) is 0 Å². The van der Waals surface area contributed by atoms with E-state index in [0.717, 1.165) is 21.5 Å². The third-order valence-corrected chi connectivity index (χ3v) is 3.88. The fourth-order valence-corrected chi connectivity index (χ4v) is 2.75. The van der Waals surface area contributed by atoms with Crippen molar-refractivity contribution in [2.45, 2.75) is 0 Å². The van der Waals surface area contributed by atoms with Crippen LogP contribution in [0.2, 0.25) is 0 Å². The average molecular weight is 268 g/mol. The molecule has 0 atom stereocenters. The van der Waals surface area contributed by atoms with Crippen molar-refractivity contribution in [2.75, 3.05) is 11.9 Å². The van der Waals surface area contributed by atoms with Crippen LogP contribution >= 0.6 is 11.3 Å². The van der Waals surface area contributed by atoms with E-state index < -0.39 is 0 Å². The Kier molecular flexibility index (Phi) is 3.01. The van der Waals surface area contributed by atoms with E-state index >= 15 is 0 Å². The van der Waals surface area contributed by atoms with Gasteiger partial charge >= 0.3 is 0 Å². The lowest BCUT2D eigenvalue weighted by Gasteiger charge is -2.18. The van der Waals surface area contributed by atoms with Crippen molar-refractivity contribution >= 4 is 33.8 Å². The quantitative estimate of drug-likeness (QED) is 0.712. The number of fused-ring (bicyclic) bond motifs is 1. The lowest BCUT2D eigenvalue weighted by Crippen LogP contribution is -2.25. The highest BCUT2D eigenvalue weighted by molar-refractivity contribution is 7.12. The van der Waals surface area contributed by atoms with Gasteiger partial charge in [0.05, 0.1) is 16.1 Å². The van der Waals surface area contributed by atoms with Gasteiger partial charge in [-0.15, -0.1) is 11.3 Å². The summed E-state index contributed by atoms with van der Waals surface area (Å²) in [6, 6.07) is 13.4. The molecule has 3 rings (SSSR count). The largest absolute Gasteiger partial charge is 0.310 e. The first-order chi connectivity index (χ1) is 9.27. The molecule has 0 fully saturated rings. The topological polar surface area (TPSA) is 33.2 Å². The van der Waals surface area contributed by atoms with Crippen LogP contribution in [0.25, 0.3) is 10.9 Å². The van der Waals surface area contributed by atoms with E-state index in [9.17, 15) is 4.79 Å². The zero-order valence-electron chi connectivity index (χ0n) is 10.4. The number of carbonyl (C=O) groups excluding carboxylic acids is 1. The first kappa shape index (κ1) is 11.9. The smallest absolute Gasteiger partial charge is 0.268 e. The van der Waals surface area contributed by atoms with Crippen molar-refractivity contribution in [3.8, 4) is 0 Å². The molecule has 4 heteroatoms. The lowest BCUT2D eigenvalue weighted by molar-refractivity contribution is 0.0997. The van der Waals surface area contributed by atoms with Gasteiger partial charge in [-0.3, -0.25) is 9.78 Å². The van der Waals surface area contributed by atoms with Crippen LogP contribution in [0, 0.1) is 0 Å². The van der Waals surface area contributed by atoms with Crippen LogP contribution in [-0.4, -0.2) is 17.9 Å². The van der Waals surface area contributed by atoms with Crippen LogP contribution in [-0.2, 0) is 0 Å². The second-order valence-corrected chi connectivity index (χ2v) is 5.14. The minimum absolute atomic E-state index is 0.00588. The predicted molar refractivity (Wildman–Crippen MR) is 78.8 cm³/mol. The fraction of sp³-hybridized carbons (Fsp3) is 0.0667. The van der Waals surface area contributed by atoms with E-state index in [-0.39, 0.29) is 5.91 Å². The van der Waals surface area contributed by atoms with Crippen LogP contribution in [0.5, 0.6) is 0 Å². The standard InChI is InChI=1S/C15H12N2OS/c1-17(15(18)14-8-4-10-19-14)13-7-2-6-12-11(13)5-3-9-16-12/h2-10H,1H3. The zero-order chi connectivity index (χ0) is 13.2. The number of aromatic nitrogens is 1. The summed E-state index contributed by atoms with van der Waals surface area (Å²) < 4.78 is 0. The minimum atomic E-state index is 0.00588. The maximum Gasteiger partial charge on any atom is 0.268 e. The van der Waals surface area contributed by atoms with Gasteiger partial charge in [0, 0.05) is 18.6 Å². The van der Waals surface area contributed by atoms with Crippen LogP contribution in [0.4, 0.5) is 5.69 Å². The molecule has 0 bridgehead atoms. The average Bonchev–Trinajstić information content (AvgIpc) is 2.99. The maximum atomic E-state index is 12.4. The molecule has 0 aliphatic heterocycles. The van der Waals surface area contributed by atoms with Crippen LogP contribution in [0.3, 0.4) is 0 Å². The Morgan fingerprint density at radius 3 is 2.84 bits per heavy atom. The number of amides is 1. The molecule has 3 aromatic rings. The SMILES string of the molecule is CN(C(=O)c1cccs1)c1cccc2ncccc12. The van der Waals surface area contributed by atoms with Gasteiger partial charge in [0.15, 0.2) is 0 Å². The number of benzene rings is 1. The number of rotatable bonds is 2. The van der Waals surface area contributed by atoms with E-state index in [2.05, 4.69) is 4.98 Å². The second-order valence-electron chi connectivity index (χ2n) is 4.19. The summed E-state index contributed by atoms with van der Waals surface area (Å²) in [5.74, 6) is 0.00588. The van der Waals surface area contributed by atoms with Crippen LogP contribution in [0.15, 0.2) is 54.0 Å². The molecule has 1 amide bonds. The first-order valence-corrected chi connectivity index (χ1v) is 6.80. The van der Waals surface area contributed by atoms with Crippen molar-refractivity contribution in [2.24, 2.45) is 0 Å². The van der Waals surface area contributed by atoms with Crippen LogP contribution < -0.4 is 4.90 Å². The molecule has 0 spiro atoms. The molecule has 0 aliphatic rings. The Bertz CT molecular complexity index is 717. The van der Waals surface area contributed by atoms with Gasteiger partial charge in [0.2, 0.25) is 0 Å². The summed E-state index contributed by atoms with van der Waals surface area (Å²) in [4.78, 5) is 19.1. The normalized spacial score (nSPS) is 10.6. The molecule has 0 radical (unpaired) electrons. The van der Waals surface area contributed by atoms with Crippen molar-refractivity contribution in [1.29, 1.82) is 0 Å². The van der Waals surface area contributed by atoms with E-state index in [1.54, 1.807) is 18.1 Å². The summed E-state index contributed by atoms with van der Waals surface area (Å²) in [7, 11) is 1.80. The van der Waals surface area contributed by atoms with Crippen molar-refractivity contribution in [3.05, 3.63) is 58.9 Å². The van der Waals surface area contributed by atoms with E-state index in [4.69, 9.17) is 0 Å². The van der Waals surface area contributed by atoms with Crippen molar-refractivity contribution < 1.29 is 4.79 Å². The van der Waals surface area contributed by atoms with E-state index in [0.29, 0.717) is 0 Å². The predicted octanol–water partition coefficient (Wildman–Crippen LogP) is 3.57. The Hall–Kier alpha value is -2.20. The van der Waals surface area contributed by atoms with Gasteiger partial charge in [-0.25, -0.2) is 0 Å². The summed E-state index contributed by atoms with van der Waals surface area (Å²) in [6.07, 6.45) is 1.76. The third kappa shape index (κ3) is 2.11. The van der Waals surface area contributed by atoms with Gasteiger partial charge < -0.3 is 4.90 Å². The minimum Gasteiger partial charge on any atom is -0.310 e. The number of pyridine rings is 1. The van der Waals surface area contributed by atoms with Crippen molar-refractivity contribution in [1.82, 2.24) is 4.98 Å². The number of thiophene rings is 1. The lowest BCUT2D eigenvalue weighted by atomic mass is 10.1. The molecule has 0 aliphatic carbocycles. The van der Waals surface area contributed by atoms with Gasteiger partial charge in [-0.05, 0) is 35.7 Å². The number of anilines is 1. The highest BCUT2D eigenvalue weighted by atomic mass is 32.1. The van der Waals surface area contributed by atoms with E-state index in [1.165, 1.54) is 11.3 Å². The number of nitrogens with zero attached hydrogens (tertiary/aromatic N) is 2. The first-order valence-electron chi connectivity index (χ1n) is 5.92. The Balaban J connectivity index is 2.07. The summed E-state index contributed by atoms with van der Waals surface area (Å²) in [5, 5.41) is 2.89. The number of hydrogen-bond donors (Lipinski definition) is 0. The molecule has 2 aromatic heterocycles. The summed E-state index contributed by atoms with van der Waals surface area (Å²) in [5.41, 5.74) is 1.77. The highest BCUT2D eigenvalue weighted by Crippen LogP contribution is 2.26. The fourth-order valence-electron chi connectivity index (χ4n) is 2.05. The van der Waals surface area contributed by atoms with Gasteiger partial charge in [0.25, 0.3) is 5.91 Å². The second kappa shape index (κ2) is 4.82. The third-order valence-electron chi connectivity index (χ3n) is 3.02. The Morgan fingerprint density at radius 1 is 1.16 bits per heavy atom. The van der Waals surface area contributed by atoms with Gasteiger partial charge in [0.1, 0.15) is 0 Å². The summed E-state index contributed by atoms with van der Waals surface area (Å²) >= 11 is 1.45. The molecule has 0 saturated heterocycles. The molecule has 94 valence electrons.